The molecular formula is C29H46N4O9. The first-order chi connectivity index (χ1) is 20.1. The Balaban J connectivity index is 2.22. The number of methoxy groups -OCH3 is 2. The summed E-state index contributed by atoms with van der Waals surface area (Å²) in [6, 6.07) is 6.83. The van der Waals surface area contributed by atoms with E-state index in [2.05, 4.69) is 0 Å². The second-order valence-electron chi connectivity index (χ2n) is 10.3. The number of nitrogens with zero attached hydrogens (tertiary/aromatic N) is 4. The number of ether oxygens (including phenoxy) is 3. The van der Waals surface area contributed by atoms with Crippen molar-refractivity contribution in [3.8, 4) is 5.75 Å². The van der Waals surface area contributed by atoms with Crippen molar-refractivity contribution in [3.63, 3.8) is 0 Å². The molecule has 1 unspecified atom stereocenters. The van der Waals surface area contributed by atoms with E-state index in [0.29, 0.717) is 71.8 Å². The van der Waals surface area contributed by atoms with Crippen LogP contribution in [-0.4, -0.2) is 153 Å². The van der Waals surface area contributed by atoms with Crippen LogP contribution in [0, 0.1) is 0 Å². The Morgan fingerprint density at radius 2 is 1.24 bits per heavy atom. The Hall–Kier alpha value is -3.26. The molecule has 0 aliphatic carbocycles. The molecule has 1 heterocycles. The molecule has 2 rings (SSSR count). The van der Waals surface area contributed by atoms with Gasteiger partial charge in [0.25, 0.3) is 0 Å². The van der Waals surface area contributed by atoms with Crippen LogP contribution in [0.4, 0.5) is 0 Å². The van der Waals surface area contributed by atoms with Crippen molar-refractivity contribution in [1.29, 1.82) is 0 Å². The van der Waals surface area contributed by atoms with Crippen LogP contribution in [0.5, 0.6) is 5.75 Å². The van der Waals surface area contributed by atoms with Gasteiger partial charge in [-0.15, -0.1) is 0 Å². The highest BCUT2D eigenvalue weighted by Crippen LogP contribution is 2.16. The van der Waals surface area contributed by atoms with Crippen molar-refractivity contribution < 1.29 is 43.6 Å². The fraction of sp³-hybridized carbons (Fsp3) is 0.655. The summed E-state index contributed by atoms with van der Waals surface area (Å²) in [6.45, 7) is 5.47. The summed E-state index contributed by atoms with van der Waals surface area (Å²) < 4.78 is 15.3. The maximum atomic E-state index is 12.5. The van der Waals surface area contributed by atoms with E-state index < -0.39 is 29.9 Å². The standard InChI is InChI=1S/C29H46N4O9/c1-4-19-42-24-8-5-23(6-9-24)7-10-25(29(38)39)33-17-15-30(20-26(34)35)11-12-31(21-27(36)40-2)13-14-32(16-18-33)22-28(37)41-3/h5-6,8-9,25H,4,7,10-22H2,1-3H3,(H,34,35)(H,38,39). The number of rotatable bonds is 14. The van der Waals surface area contributed by atoms with E-state index in [1.54, 1.807) is 4.90 Å². The lowest BCUT2D eigenvalue weighted by molar-refractivity contribution is -0.145. The van der Waals surface area contributed by atoms with Crippen molar-refractivity contribution >= 4 is 23.9 Å². The van der Waals surface area contributed by atoms with Crippen molar-refractivity contribution in [2.24, 2.45) is 0 Å². The van der Waals surface area contributed by atoms with Crippen molar-refractivity contribution in [3.05, 3.63) is 29.8 Å². The molecule has 1 aliphatic rings. The summed E-state index contributed by atoms with van der Waals surface area (Å²) >= 11 is 0. The summed E-state index contributed by atoms with van der Waals surface area (Å²) in [5, 5.41) is 19.7. The largest absolute Gasteiger partial charge is 0.494 e. The first kappa shape index (κ1) is 34.9. The smallest absolute Gasteiger partial charge is 0.320 e. The van der Waals surface area contributed by atoms with E-state index in [0.717, 1.165) is 17.7 Å². The summed E-state index contributed by atoms with van der Waals surface area (Å²) in [7, 11) is 2.62. The van der Waals surface area contributed by atoms with Gasteiger partial charge in [-0.05, 0) is 37.0 Å². The number of aliphatic carboxylic acids is 2. The molecule has 0 amide bonds. The Bertz CT molecular complexity index is 992. The van der Waals surface area contributed by atoms with Crippen LogP contribution < -0.4 is 4.74 Å². The lowest BCUT2D eigenvalue weighted by Gasteiger charge is -2.35. The van der Waals surface area contributed by atoms with E-state index in [-0.39, 0.29) is 19.6 Å². The molecule has 42 heavy (non-hydrogen) atoms. The molecule has 0 aromatic heterocycles. The Labute approximate surface area is 247 Å². The normalized spacial score (nSPS) is 17.4. The number of benzene rings is 1. The minimum atomic E-state index is -0.987. The van der Waals surface area contributed by atoms with Gasteiger partial charge in [0.2, 0.25) is 0 Å². The van der Waals surface area contributed by atoms with E-state index in [4.69, 9.17) is 14.2 Å². The summed E-state index contributed by atoms with van der Waals surface area (Å²) in [5.41, 5.74) is 0.991. The summed E-state index contributed by atoms with van der Waals surface area (Å²) in [5.74, 6) is -2.00. The minimum Gasteiger partial charge on any atom is -0.494 e. The van der Waals surface area contributed by atoms with Gasteiger partial charge in [0, 0.05) is 52.4 Å². The van der Waals surface area contributed by atoms with Gasteiger partial charge in [-0.2, -0.15) is 0 Å². The summed E-state index contributed by atoms with van der Waals surface area (Å²) in [4.78, 5) is 55.6. The molecule has 1 fully saturated rings. The molecule has 1 saturated heterocycles. The SMILES string of the molecule is CCCOc1ccc(CCC(C(=O)O)N2CCN(CC(=O)O)CCN(CC(=O)OC)CCN(CC(=O)OC)CC2)cc1. The monoisotopic (exact) mass is 594 g/mol. The molecule has 236 valence electrons. The number of aryl methyl sites for hydroxylation is 1. The van der Waals surface area contributed by atoms with Crippen molar-refractivity contribution in [2.45, 2.75) is 32.2 Å². The molecule has 13 heteroatoms. The molecule has 13 nitrogen and oxygen atoms in total. The predicted octanol–water partition coefficient (Wildman–Crippen LogP) is 0.513. The highest BCUT2D eigenvalue weighted by Gasteiger charge is 2.28. The van der Waals surface area contributed by atoms with Gasteiger partial charge in [0.1, 0.15) is 11.8 Å². The zero-order chi connectivity index (χ0) is 30.9. The molecule has 1 atom stereocenters. The lowest BCUT2D eigenvalue weighted by Crippen LogP contribution is -2.52. The first-order valence-corrected chi connectivity index (χ1v) is 14.4. The van der Waals surface area contributed by atoms with Crippen molar-refractivity contribution in [2.75, 3.05) is 92.8 Å². The Kier molecular flexibility index (Phi) is 15.8. The van der Waals surface area contributed by atoms with E-state index in [9.17, 15) is 29.4 Å². The number of carbonyl (C=O) groups is 4. The molecule has 1 aromatic carbocycles. The number of carboxylic acids is 2. The van der Waals surface area contributed by atoms with Gasteiger partial charge in [-0.25, -0.2) is 0 Å². The van der Waals surface area contributed by atoms with Crippen LogP contribution in [-0.2, 0) is 35.1 Å². The van der Waals surface area contributed by atoms with Gasteiger partial charge < -0.3 is 24.4 Å². The second-order valence-corrected chi connectivity index (χ2v) is 10.3. The van der Waals surface area contributed by atoms with Gasteiger partial charge in [0.15, 0.2) is 0 Å². The van der Waals surface area contributed by atoms with Gasteiger partial charge in [-0.3, -0.25) is 38.8 Å². The zero-order valence-electron chi connectivity index (χ0n) is 25.0. The minimum absolute atomic E-state index is 0.0196. The van der Waals surface area contributed by atoms with Crippen LogP contribution >= 0.6 is 0 Å². The van der Waals surface area contributed by atoms with Gasteiger partial charge in [0.05, 0.1) is 40.5 Å². The maximum Gasteiger partial charge on any atom is 0.320 e. The highest BCUT2D eigenvalue weighted by molar-refractivity contribution is 5.73. The maximum absolute atomic E-state index is 12.5. The van der Waals surface area contributed by atoms with Crippen LogP contribution in [0.3, 0.4) is 0 Å². The number of carbonyl (C=O) groups excluding carboxylic acids is 2. The molecule has 0 spiro atoms. The number of hydrogen-bond donors (Lipinski definition) is 2. The van der Waals surface area contributed by atoms with Crippen LogP contribution in [0.15, 0.2) is 24.3 Å². The zero-order valence-corrected chi connectivity index (χ0v) is 25.0. The molecule has 0 radical (unpaired) electrons. The van der Waals surface area contributed by atoms with Gasteiger partial charge >= 0.3 is 23.9 Å². The third-order valence-corrected chi connectivity index (χ3v) is 7.22. The number of hydrogen-bond acceptors (Lipinski definition) is 11. The van der Waals surface area contributed by atoms with Crippen LogP contribution in [0.1, 0.15) is 25.3 Å². The third kappa shape index (κ3) is 13.1. The van der Waals surface area contributed by atoms with Gasteiger partial charge in [-0.1, -0.05) is 19.1 Å². The molecule has 1 aliphatic heterocycles. The number of carboxylic acid groups (broad SMARTS) is 2. The molecular weight excluding hydrogens is 548 g/mol. The van der Waals surface area contributed by atoms with Crippen molar-refractivity contribution in [1.82, 2.24) is 19.6 Å². The van der Waals surface area contributed by atoms with E-state index in [1.165, 1.54) is 14.2 Å². The highest BCUT2D eigenvalue weighted by atomic mass is 16.5. The Morgan fingerprint density at radius 3 is 1.67 bits per heavy atom. The first-order valence-electron chi connectivity index (χ1n) is 14.4. The number of esters is 2. The van der Waals surface area contributed by atoms with E-state index in [1.807, 2.05) is 45.9 Å². The molecule has 0 bridgehead atoms. The lowest BCUT2D eigenvalue weighted by atomic mass is 10.0. The Morgan fingerprint density at radius 1 is 0.762 bits per heavy atom. The third-order valence-electron chi connectivity index (χ3n) is 7.22. The van der Waals surface area contributed by atoms with Crippen LogP contribution in [0.2, 0.25) is 0 Å². The fourth-order valence-corrected chi connectivity index (χ4v) is 4.76. The van der Waals surface area contributed by atoms with Crippen LogP contribution in [0.25, 0.3) is 0 Å². The second kappa shape index (κ2) is 19.0. The average molecular weight is 595 g/mol. The predicted molar refractivity (Wildman–Crippen MR) is 155 cm³/mol. The molecule has 2 N–H and O–H groups in total. The summed E-state index contributed by atoms with van der Waals surface area (Å²) in [6.07, 6.45) is 1.80. The topological polar surface area (TPSA) is 149 Å². The quantitative estimate of drug-likeness (QED) is 0.288. The fourth-order valence-electron chi connectivity index (χ4n) is 4.76. The molecule has 1 aromatic rings. The molecule has 0 saturated carbocycles. The average Bonchev–Trinajstić information content (AvgIpc) is 2.96. The van der Waals surface area contributed by atoms with E-state index >= 15 is 0 Å².